The van der Waals surface area contributed by atoms with E-state index in [1.807, 2.05) is 0 Å². The predicted molar refractivity (Wildman–Crippen MR) is 62.8 cm³/mol. The minimum atomic E-state index is 0.0974. The second-order valence-electron chi connectivity index (χ2n) is 2.75. The first-order chi connectivity index (χ1) is 6.61. The van der Waals surface area contributed by atoms with Crippen LogP contribution in [0.3, 0.4) is 0 Å². The molecule has 0 bridgehead atoms. The molecule has 0 radical (unpaired) electrons. The first kappa shape index (κ1) is 11.8. The van der Waals surface area contributed by atoms with E-state index in [0.29, 0.717) is 16.8 Å². The van der Waals surface area contributed by atoms with E-state index in [4.69, 9.17) is 10.5 Å². The van der Waals surface area contributed by atoms with Crippen LogP contribution < -0.4 is 10.5 Å². The van der Waals surface area contributed by atoms with Gasteiger partial charge in [0.2, 0.25) is 0 Å². The summed E-state index contributed by atoms with van der Waals surface area (Å²) in [7, 11) is 1.52. The van der Waals surface area contributed by atoms with Gasteiger partial charge in [0, 0.05) is 4.47 Å². The van der Waals surface area contributed by atoms with Gasteiger partial charge in [0.25, 0.3) is 0 Å². The second kappa shape index (κ2) is 5.00. The Hall–Kier alpha value is -0.260. The second-order valence-corrected chi connectivity index (χ2v) is 4.34. The summed E-state index contributed by atoms with van der Waals surface area (Å²) < 4.78 is 6.44. The Morgan fingerprint density at radius 3 is 2.57 bits per heavy atom. The van der Waals surface area contributed by atoms with Crippen LogP contribution in [0.15, 0.2) is 15.0 Å². The van der Waals surface area contributed by atoms with Crippen LogP contribution in [0.1, 0.15) is 5.56 Å². The van der Waals surface area contributed by atoms with Gasteiger partial charge in [-0.25, -0.2) is 0 Å². The lowest BCUT2D eigenvalue weighted by Crippen LogP contribution is -2.04. The van der Waals surface area contributed by atoms with Gasteiger partial charge in [0.05, 0.1) is 11.6 Å². The molecule has 3 nitrogen and oxygen atoms in total. The quantitative estimate of drug-likeness (QED) is 0.897. The molecule has 0 aliphatic carbocycles. The highest BCUT2D eigenvalue weighted by atomic mass is 79.9. The SMILES string of the molecule is COc1cc(CCN)c(Br)c(Br)c1O. The maximum Gasteiger partial charge on any atom is 0.173 e. The predicted octanol–water partition coefficient (Wildman–Crippen LogP) is 2.43. The fourth-order valence-corrected chi connectivity index (χ4v) is 2.09. The van der Waals surface area contributed by atoms with Gasteiger partial charge in [-0.05, 0) is 56.5 Å². The molecule has 0 amide bonds. The molecule has 14 heavy (non-hydrogen) atoms. The summed E-state index contributed by atoms with van der Waals surface area (Å²) in [6, 6.07) is 1.77. The Labute approximate surface area is 99.5 Å². The first-order valence-corrected chi connectivity index (χ1v) is 5.64. The van der Waals surface area contributed by atoms with Crippen molar-refractivity contribution in [2.24, 2.45) is 5.73 Å². The lowest BCUT2D eigenvalue weighted by Gasteiger charge is -2.11. The van der Waals surface area contributed by atoms with E-state index in [1.54, 1.807) is 6.07 Å². The molecule has 0 spiro atoms. The highest BCUT2D eigenvalue weighted by molar-refractivity contribution is 9.13. The van der Waals surface area contributed by atoms with Crippen LogP contribution in [0, 0.1) is 0 Å². The van der Waals surface area contributed by atoms with Crippen LogP contribution in [0.2, 0.25) is 0 Å². The van der Waals surface area contributed by atoms with Gasteiger partial charge in [0.1, 0.15) is 0 Å². The van der Waals surface area contributed by atoms with Crippen molar-refractivity contribution in [3.8, 4) is 11.5 Å². The molecule has 0 atom stereocenters. The van der Waals surface area contributed by atoms with Crippen molar-refractivity contribution < 1.29 is 9.84 Å². The fraction of sp³-hybridized carbons (Fsp3) is 0.333. The van der Waals surface area contributed by atoms with Crippen molar-refractivity contribution in [3.05, 3.63) is 20.6 Å². The van der Waals surface area contributed by atoms with Gasteiger partial charge in [-0.3, -0.25) is 0 Å². The lowest BCUT2D eigenvalue weighted by molar-refractivity contribution is 0.371. The van der Waals surface area contributed by atoms with Crippen LogP contribution in [-0.4, -0.2) is 18.8 Å². The van der Waals surface area contributed by atoms with Crippen molar-refractivity contribution in [1.29, 1.82) is 0 Å². The van der Waals surface area contributed by atoms with E-state index in [0.717, 1.165) is 16.5 Å². The summed E-state index contributed by atoms with van der Waals surface area (Å²) in [5.74, 6) is 0.545. The molecule has 78 valence electrons. The monoisotopic (exact) mass is 323 g/mol. The third-order valence-electron chi connectivity index (χ3n) is 1.85. The third kappa shape index (κ3) is 2.21. The van der Waals surface area contributed by atoms with Gasteiger partial charge in [-0.1, -0.05) is 0 Å². The Kier molecular flexibility index (Phi) is 4.22. The topological polar surface area (TPSA) is 55.5 Å². The van der Waals surface area contributed by atoms with Gasteiger partial charge >= 0.3 is 0 Å². The molecule has 0 heterocycles. The van der Waals surface area contributed by atoms with Crippen molar-refractivity contribution >= 4 is 31.9 Å². The van der Waals surface area contributed by atoms with Crippen LogP contribution in [-0.2, 0) is 6.42 Å². The molecule has 0 saturated carbocycles. The zero-order valence-corrected chi connectivity index (χ0v) is 10.9. The molecular weight excluding hydrogens is 314 g/mol. The number of halogens is 2. The van der Waals surface area contributed by atoms with E-state index >= 15 is 0 Å². The molecule has 0 saturated heterocycles. The zero-order chi connectivity index (χ0) is 10.7. The standard InChI is InChI=1S/C9H11Br2NO2/c1-14-6-4-5(2-3-12)7(10)8(11)9(6)13/h4,13H,2-3,12H2,1H3. The van der Waals surface area contributed by atoms with Crippen molar-refractivity contribution in [2.75, 3.05) is 13.7 Å². The third-order valence-corrected chi connectivity index (χ3v) is 4.06. The van der Waals surface area contributed by atoms with Gasteiger partial charge in [-0.15, -0.1) is 0 Å². The Morgan fingerprint density at radius 1 is 1.43 bits per heavy atom. The average Bonchev–Trinajstić information content (AvgIpc) is 2.19. The molecule has 3 N–H and O–H groups in total. The van der Waals surface area contributed by atoms with Gasteiger partial charge < -0.3 is 15.6 Å². The number of ether oxygens (including phenoxy) is 1. The average molecular weight is 325 g/mol. The molecule has 1 aromatic carbocycles. The minimum absolute atomic E-state index is 0.0974. The number of benzene rings is 1. The molecule has 5 heteroatoms. The zero-order valence-electron chi connectivity index (χ0n) is 7.68. The highest BCUT2D eigenvalue weighted by Crippen LogP contribution is 2.41. The number of hydrogen-bond donors (Lipinski definition) is 2. The van der Waals surface area contributed by atoms with Gasteiger partial charge in [-0.2, -0.15) is 0 Å². The van der Waals surface area contributed by atoms with Crippen LogP contribution in [0.4, 0.5) is 0 Å². The Morgan fingerprint density at radius 2 is 2.07 bits per heavy atom. The summed E-state index contributed by atoms with van der Waals surface area (Å²) in [5.41, 5.74) is 6.48. The molecule has 1 rings (SSSR count). The first-order valence-electron chi connectivity index (χ1n) is 4.05. The maximum atomic E-state index is 9.64. The van der Waals surface area contributed by atoms with Crippen LogP contribution >= 0.6 is 31.9 Å². The summed E-state index contributed by atoms with van der Waals surface area (Å²) in [6.07, 6.45) is 0.732. The van der Waals surface area contributed by atoms with E-state index in [1.165, 1.54) is 7.11 Å². The van der Waals surface area contributed by atoms with E-state index in [9.17, 15) is 5.11 Å². The number of nitrogens with two attached hydrogens (primary N) is 1. The number of aromatic hydroxyl groups is 1. The smallest absolute Gasteiger partial charge is 0.173 e. The summed E-state index contributed by atoms with van der Waals surface area (Å²) in [6.45, 7) is 0.555. The Balaban J connectivity index is 3.25. The number of methoxy groups -OCH3 is 1. The summed E-state index contributed by atoms with van der Waals surface area (Å²) in [5, 5.41) is 9.64. The molecule has 0 aliphatic heterocycles. The number of phenolic OH excluding ortho intramolecular Hbond substituents is 1. The number of rotatable bonds is 3. The summed E-state index contributed by atoms with van der Waals surface area (Å²) in [4.78, 5) is 0. The maximum absolute atomic E-state index is 9.64. The molecule has 0 aliphatic rings. The molecule has 0 unspecified atom stereocenters. The van der Waals surface area contributed by atoms with Crippen molar-refractivity contribution in [3.63, 3.8) is 0 Å². The molecular formula is C9H11Br2NO2. The normalized spacial score (nSPS) is 10.3. The van der Waals surface area contributed by atoms with Gasteiger partial charge in [0.15, 0.2) is 11.5 Å². The highest BCUT2D eigenvalue weighted by Gasteiger charge is 2.13. The van der Waals surface area contributed by atoms with Crippen molar-refractivity contribution in [2.45, 2.75) is 6.42 Å². The fourth-order valence-electron chi connectivity index (χ4n) is 1.14. The lowest BCUT2D eigenvalue weighted by atomic mass is 10.1. The number of hydrogen-bond acceptors (Lipinski definition) is 3. The Bertz CT molecular complexity index is 342. The molecule has 0 fully saturated rings. The molecule has 0 aromatic heterocycles. The van der Waals surface area contributed by atoms with E-state index in [2.05, 4.69) is 31.9 Å². The number of phenols is 1. The summed E-state index contributed by atoms with van der Waals surface area (Å²) >= 11 is 6.65. The van der Waals surface area contributed by atoms with Crippen molar-refractivity contribution in [1.82, 2.24) is 0 Å². The van der Waals surface area contributed by atoms with E-state index in [-0.39, 0.29) is 5.75 Å². The van der Waals surface area contributed by atoms with Crippen LogP contribution in [0.25, 0.3) is 0 Å². The minimum Gasteiger partial charge on any atom is -0.503 e. The largest absolute Gasteiger partial charge is 0.503 e. The van der Waals surface area contributed by atoms with E-state index < -0.39 is 0 Å². The molecule has 1 aromatic rings. The van der Waals surface area contributed by atoms with Crippen LogP contribution in [0.5, 0.6) is 11.5 Å².